The molecule has 0 saturated carbocycles. The van der Waals surface area contributed by atoms with Crippen molar-refractivity contribution in [2.45, 2.75) is 39.7 Å². The summed E-state index contributed by atoms with van der Waals surface area (Å²) in [5.41, 5.74) is 4.12. The molecule has 6 nitrogen and oxygen atoms in total. The summed E-state index contributed by atoms with van der Waals surface area (Å²) in [7, 11) is 0. The molecule has 1 aromatic carbocycles. The van der Waals surface area contributed by atoms with Crippen molar-refractivity contribution in [1.82, 2.24) is 9.88 Å². The van der Waals surface area contributed by atoms with E-state index in [1.54, 1.807) is 4.90 Å². The third-order valence-corrected chi connectivity index (χ3v) is 5.88. The van der Waals surface area contributed by atoms with Crippen LogP contribution < -0.4 is 9.64 Å². The standard InChI is InChI=1S/C23H27N3O3/c1-15-7-8-19(11-16(15)2)26-13-18(12-22(26)27)23(28)25-10-9-20(14-25)29-21-6-4-5-17(3)24-21/h4-8,11,18,20H,9-10,12-14H2,1-3H3. The third-order valence-electron chi connectivity index (χ3n) is 5.88. The fourth-order valence-corrected chi connectivity index (χ4v) is 4.05. The second-order valence-electron chi connectivity index (χ2n) is 8.10. The van der Waals surface area contributed by atoms with E-state index >= 15 is 0 Å². The summed E-state index contributed by atoms with van der Waals surface area (Å²) in [6, 6.07) is 11.7. The van der Waals surface area contributed by atoms with Crippen LogP contribution in [0.3, 0.4) is 0 Å². The predicted molar refractivity (Wildman–Crippen MR) is 111 cm³/mol. The second-order valence-corrected chi connectivity index (χ2v) is 8.10. The molecule has 2 amide bonds. The maximum Gasteiger partial charge on any atom is 0.228 e. The summed E-state index contributed by atoms with van der Waals surface area (Å²) >= 11 is 0. The summed E-state index contributed by atoms with van der Waals surface area (Å²) < 4.78 is 5.95. The summed E-state index contributed by atoms with van der Waals surface area (Å²) in [5.74, 6) is 0.372. The number of pyridine rings is 1. The van der Waals surface area contributed by atoms with E-state index < -0.39 is 0 Å². The average molecular weight is 393 g/mol. The average Bonchev–Trinajstić information content (AvgIpc) is 3.30. The number of benzene rings is 1. The van der Waals surface area contributed by atoms with E-state index in [2.05, 4.69) is 11.9 Å². The van der Waals surface area contributed by atoms with Gasteiger partial charge in [0.1, 0.15) is 6.10 Å². The number of hydrogen-bond acceptors (Lipinski definition) is 4. The van der Waals surface area contributed by atoms with Crippen molar-refractivity contribution < 1.29 is 14.3 Å². The van der Waals surface area contributed by atoms with E-state index in [4.69, 9.17) is 4.74 Å². The number of carbonyl (C=O) groups excluding carboxylic acids is 2. The first-order valence-corrected chi connectivity index (χ1v) is 10.2. The Morgan fingerprint density at radius 1 is 1.10 bits per heavy atom. The van der Waals surface area contributed by atoms with E-state index in [9.17, 15) is 9.59 Å². The summed E-state index contributed by atoms with van der Waals surface area (Å²) in [5, 5.41) is 0. The van der Waals surface area contributed by atoms with Crippen LogP contribution in [-0.2, 0) is 9.59 Å². The number of anilines is 1. The molecule has 29 heavy (non-hydrogen) atoms. The van der Waals surface area contributed by atoms with Crippen LogP contribution in [0.5, 0.6) is 5.88 Å². The fraction of sp³-hybridized carbons (Fsp3) is 0.435. The van der Waals surface area contributed by atoms with Crippen LogP contribution in [-0.4, -0.2) is 47.4 Å². The van der Waals surface area contributed by atoms with Gasteiger partial charge in [-0.1, -0.05) is 12.1 Å². The van der Waals surface area contributed by atoms with Crippen molar-refractivity contribution in [3.8, 4) is 5.88 Å². The van der Waals surface area contributed by atoms with Crippen molar-refractivity contribution in [3.63, 3.8) is 0 Å². The largest absolute Gasteiger partial charge is 0.472 e. The Balaban J connectivity index is 1.37. The van der Waals surface area contributed by atoms with Crippen molar-refractivity contribution in [1.29, 1.82) is 0 Å². The summed E-state index contributed by atoms with van der Waals surface area (Å²) in [4.78, 5) is 33.5. The molecule has 1 aromatic heterocycles. The lowest BCUT2D eigenvalue weighted by Gasteiger charge is -2.21. The van der Waals surface area contributed by atoms with Gasteiger partial charge in [0.15, 0.2) is 0 Å². The number of aryl methyl sites for hydroxylation is 3. The van der Waals surface area contributed by atoms with Crippen molar-refractivity contribution in [3.05, 3.63) is 53.2 Å². The van der Waals surface area contributed by atoms with Crippen LogP contribution in [0.15, 0.2) is 36.4 Å². The van der Waals surface area contributed by atoms with Crippen LogP contribution >= 0.6 is 0 Å². The Morgan fingerprint density at radius 2 is 1.93 bits per heavy atom. The molecule has 0 bridgehead atoms. The second kappa shape index (κ2) is 7.85. The monoisotopic (exact) mass is 393 g/mol. The molecule has 2 saturated heterocycles. The first-order valence-electron chi connectivity index (χ1n) is 10.2. The molecule has 0 radical (unpaired) electrons. The molecular formula is C23H27N3O3. The Hall–Kier alpha value is -2.89. The first kappa shape index (κ1) is 19.4. The zero-order valence-electron chi connectivity index (χ0n) is 17.2. The van der Waals surface area contributed by atoms with Gasteiger partial charge in [-0.05, 0) is 50.1 Å². The topological polar surface area (TPSA) is 62.7 Å². The SMILES string of the molecule is Cc1cccc(OC2CCN(C(=O)C3CC(=O)N(c4ccc(C)c(C)c4)C3)C2)n1. The van der Waals surface area contributed by atoms with Gasteiger partial charge in [-0.2, -0.15) is 0 Å². The van der Waals surface area contributed by atoms with Crippen molar-refractivity contribution in [2.75, 3.05) is 24.5 Å². The minimum Gasteiger partial charge on any atom is -0.472 e. The van der Waals surface area contributed by atoms with Crippen LogP contribution in [0.25, 0.3) is 0 Å². The Bertz CT molecular complexity index is 943. The van der Waals surface area contributed by atoms with Gasteiger partial charge in [-0.25, -0.2) is 4.98 Å². The number of carbonyl (C=O) groups is 2. The number of ether oxygens (including phenoxy) is 1. The van der Waals surface area contributed by atoms with Crippen molar-refractivity contribution >= 4 is 17.5 Å². The smallest absolute Gasteiger partial charge is 0.228 e. The minimum atomic E-state index is -0.292. The van der Waals surface area contributed by atoms with Crippen molar-refractivity contribution in [2.24, 2.45) is 5.92 Å². The maximum atomic E-state index is 13.0. The molecule has 2 atom stereocenters. The molecule has 2 aliphatic rings. The summed E-state index contributed by atoms with van der Waals surface area (Å²) in [6.45, 7) is 7.66. The predicted octanol–water partition coefficient (Wildman–Crippen LogP) is 3.04. The Labute approximate surface area is 171 Å². The first-order chi connectivity index (χ1) is 13.9. The fourth-order valence-electron chi connectivity index (χ4n) is 4.05. The number of nitrogens with zero attached hydrogens (tertiary/aromatic N) is 3. The van der Waals surface area contributed by atoms with Gasteiger partial charge < -0.3 is 14.5 Å². The quantitative estimate of drug-likeness (QED) is 0.801. The number of aromatic nitrogens is 1. The van der Waals surface area contributed by atoms with Gasteiger partial charge in [-0.15, -0.1) is 0 Å². The van der Waals surface area contributed by atoms with E-state index in [0.29, 0.717) is 25.5 Å². The molecule has 2 aliphatic heterocycles. The van der Waals surface area contributed by atoms with Gasteiger partial charge in [0.2, 0.25) is 17.7 Å². The normalized spacial score (nSPS) is 21.7. The van der Waals surface area contributed by atoms with E-state index in [-0.39, 0.29) is 30.3 Å². The third kappa shape index (κ3) is 4.11. The van der Waals surface area contributed by atoms with Crippen LogP contribution in [0.4, 0.5) is 5.69 Å². The number of hydrogen-bond donors (Lipinski definition) is 0. The molecule has 0 aliphatic carbocycles. The van der Waals surface area contributed by atoms with Gasteiger partial charge in [-0.3, -0.25) is 9.59 Å². The zero-order valence-corrected chi connectivity index (χ0v) is 17.2. The highest BCUT2D eigenvalue weighted by molar-refractivity contribution is 6.00. The maximum absolute atomic E-state index is 13.0. The van der Waals surface area contributed by atoms with Gasteiger partial charge in [0.05, 0.1) is 12.5 Å². The lowest BCUT2D eigenvalue weighted by atomic mass is 10.1. The molecule has 2 fully saturated rings. The van der Waals surface area contributed by atoms with Gasteiger partial charge in [0.25, 0.3) is 0 Å². The highest BCUT2D eigenvalue weighted by Gasteiger charge is 2.39. The van der Waals surface area contributed by atoms with Crippen LogP contribution in [0.2, 0.25) is 0 Å². The molecular weight excluding hydrogens is 366 g/mol. The Kier molecular flexibility index (Phi) is 5.26. The highest BCUT2D eigenvalue weighted by Crippen LogP contribution is 2.29. The van der Waals surface area contributed by atoms with E-state index in [1.807, 2.05) is 55.1 Å². The lowest BCUT2D eigenvalue weighted by molar-refractivity contribution is -0.135. The molecule has 152 valence electrons. The van der Waals surface area contributed by atoms with Crippen LogP contribution in [0, 0.1) is 26.7 Å². The molecule has 0 spiro atoms. The highest BCUT2D eigenvalue weighted by atomic mass is 16.5. The lowest BCUT2D eigenvalue weighted by Crippen LogP contribution is -2.37. The molecule has 3 heterocycles. The molecule has 6 heteroatoms. The van der Waals surface area contributed by atoms with Gasteiger partial charge in [0, 0.05) is 43.4 Å². The van der Waals surface area contributed by atoms with Gasteiger partial charge >= 0.3 is 0 Å². The number of likely N-dealkylation sites (tertiary alicyclic amines) is 1. The summed E-state index contributed by atoms with van der Waals surface area (Å²) in [6.07, 6.45) is 0.997. The zero-order chi connectivity index (χ0) is 20.5. The molecule has 2 aromatic rings. The molecule has 0 N–H and O–H groups in total. The number of amides is 2. The van der Waals surface area contributed by atoms with Crippen LogP contribution in [0.1, 0.15) is 29.7 Å². The van der Waals surface area contributed by atoms with E-state index in [1.165, 1.54) is 5.56 Å². The van der Waals surface area contributed by atoms with E-state index in [0.717, 1.165) is 23.4 Å². The molecule has 4 rings (SSSR count). The Morgan fingerprint density at radius 3 is 2.69 bits per heavy atom. The molecule has 2 unspecified atom stereocenters. The number of rotatable bonds is 4. The minimum absolute atomic E-state index is 0.0163.